The molecule has 0 aliphatic heterocycles. The van der Waals surface area contributed by atoms with Crippen LogP contribution in [0.4, 0.5) is 0 Å². The fourth-order valence-corrected chi connectivity index (χ4v) is 4.98. The molecule has 1 N–H and O–H groups in total. The van der Waals surface area contributed by atoms with Crippen molar-refractivity contribution < 1.29 is 17.7 Å². The van der Waals surface area contributed by atoms with Gasteiger partial charge in [-0.05, 0) is 50.5 Å². The Morgan fingerprint density at radius 2 is 1.14 bits per heavy atom. The minimum absolute atomic E-state index is 0.106. The van der Waals surface area contributed by atoms with Gasteiger partial charge in [0.2, 0.25) is 0 Å². The summed E-state index contributed by atoms with van der Waals surface area (Å²) >= 11 is 0. The zero-order valence-corrected chi connectivity index (χ0v) is 15.9. The molecule has 0 amide bonds. The summed E-state index contributed by atoms with van der Waals surface area (Å²) in [6.07, 6.45) is 0. The number of hydrogen-bond acceptors (Lipinski definition) is 3. The molecule has 0 saturated heterocycles. The number of fused-ring (bicyclic) bond motifs is 9. The van der Waals surface area contributed by atoms with E-state index in [-0.39, 0.29) is 10.6 Å². The maximum Gasteiger partial charge on any atom is 0.298 e. The highest BCUT2D eigenvalue weighted by atomic mass is 32.2. The van der Waals surface area contributed by atoms with Crippen LogP contribution in [0.3, 0.4) is 0 Å². The summed E-state index contributed by atoms with van der Waals surface area (Å²) < 4.78 is 39.2. The van der Waals surface area contributed by atoms with Crippen molar-refractivity contribution in [2.24, 2.45) is 0 Å². The summed E-state index contributed by atoms with van der Waals surface area (Å²) in [5.41, 5.74) is 0. The zero-order chi connectivity index (χ0) is 19.8. The molecule has 0 unspecified atom stereocenters. The molecule has 6 rings (SSSR count). The average molecular weight is 398 g/mol. The van der Waals surface area contributed by atoms with Gasteiger partial charge in [0.25, 0.3) is 10.1 Å². The van der Waals surface area contributed by atoms with Crippen molar-refractivity contribution in [1.29, 1.82) is 0 Å². The second-order valence-corrected chi connectivity index (χ2v) is 8.55. The SMILES string of the molecule is O=S(=O)(O)c1ccccc1Oc1cc2c3ccccc3c2c2c3ccccc3c12. The minimum atomic E-state index is -4.40. The van der Waals surface area contributed by atoms with Crippen LogP contribution in [0.15, 0.2) is 83.8 Å². The summed E-state index contributed by atoms with van der Waals surface area (Å²) in [4.78, 5) is -0.246. The van der Waals surface area contributed by atoms with Gasteiger partial charge >= 0.3 is 0 Å². The Bertz CT molecular complexity index is 1650. The molecule has 6 aromatic carbocycles. The number of para-hydroxylation sites is 1. The quantitative estimate of drug-likeness (QED) is 0.360. The molecule has 0 atom stereocenters. The Kier molecular flexibility index (Phi) is 3.17. The van der Waals surface area contributed by atoms with Gasteiger partial charge in [0.05, 0.1) is 0 Å². The maximum absolute atomic E-state index is 11.8. The molecule has 0 spiro atoms. The van der Waals surface area contributed by atoms with Crippen LogP contribution in [-0.2, 0) is 10.1 Å². The van der Waals surface area contributed by atoms with Gasteiger partial charge in [-0.15, -0.1) is 0 Å². The van der Waals surface area contributed by atoms with Gasteiger partial charge in [-0.2, -0.15) is 8.42 Å². The first-order valence-electron chi connectivity index (χ1n) is 9.19. The van der Waals surface area contributed by atoms with E-state index < -0.39 is 10.1 Å². The molecular formula is C24H14O4S. The van der Waals surface area contributed by atoms with E-state index in [1.807, 2.05) is 36.4 Å². The highest BCUT2D eigenvalue weighted by Crippen LogP contribution is 2.51. The maximum atomic E-state index is 11.8. The second kappa shape index (κ2) is 5.56. The minimum Gasteiger partial charge on any atom is -0.455 e. The van der Waals surface area contributed by atoms with E-state index in [0.29, 0.717) is 5.75 Å². The van der Waals surface area contributed by atoms with Crippen LogP contribution >= 0.6 is 0 Å². The molecule has 0 aliphatic carbocycles. The van der Waals surface area contributed by atoms with Crippen molar-refractivity contribution in [2.45, 2.75) is 4.90 Å². The van der Waals surface area contributed by atoms with Crippen molar-refractivity contribution in [3.8, 4) is 11.5 Å². The molecule has 0 bridgehead atoms. The molecule has 0 saturated carbocycles. The number of ether oxygens (including phenoxy) is 1. The second-order valence-electron chi connectivity index (χ2n) is 7.16. The molecule has 0 aliphatic rings. The van der Waals surface area contributed by atoms with E-state index in [9.17, 15) is 13.0 Å². The predicted molar refractivity (Wildman–Crippen MR) is 115 cm³/mol. The van der Waals surface area contributed by atoms with Crippen LogP contribution < -0.4 is 4.74 Å². The Balaban J connectivity index is 1.67. The topological polar surface area (TPSA) is 63.6 Å². The van der Waals surface area contributed by atoms with Gasteiger partial charge in [-0.25, -0.2) is 0 Å². The Hall–Kier alpha value is -3.41. The Morgan fingerprint density at radius 3 is 1.83 bits per heavy atom. The lowest BCUT2D eigenvalue weighted by molar-refractivity contribution is 0.453. The standard InChI is InChI=1S/C24H14O4S/c25-29(26,27)21-12-6-5-11-19(21)28-20-13-18-14-7-1-2-8-15(14)22(18)24-17-10-4-3-9-16(17)23(20)24/h1-13H,(H,25,26,27). The molecule has 0 radical (unpaired) electrons. The van der Waals surface area contributed by atoms with E-state index in [1.165, 1.54) is 22.2 Å². The third kappa shape index (κ3) is 2.20. The van der Waals surface area contributed by atoms with Crippen molar-refractivity contribution in [3.05, 3.63) is 78.9 Å². The first-order valence-corrected chi connectivity index (χ1v) is 10.6. The summed E-state index contributed by atoms with van der Waals surface area (Å²) in [5.74, 6) is 0.692. The van der Waals surface area contributed by atoms with Crippen LogP contribution in [0.1, 0.15) is 0 Å². The molecule has 0 heterocycles. The largest absolute Gasteiger partial charge is 0.455 e. The lowest BCUT2D eigenvalue weighted by Crippen LogP contribution is -2.02. The van der Waals surface area contributed by atoms with E-state index in [4.69, 9.17) is 4.74 Å². The average Bonchev–Trinajstić information content (AvgIpc) is 2.70. The van der Waals surface area contributed by atoms with Gasteiger partial charge in [0.15, 0.2) is 0 Å². The van der Waals surface area contributed by atoms with E-state index in [1.54, 1.807) is 18.2 Å². The number of rotatable bonds is 3. The highest BCUT2D eigenvalue weighted by Gasteiger charge is 2.24. The van der Waals surface area contributed by atoms with Crippen LogP contribution in [0, 0.1) is 0 Å². The molecule has 4 nitrogen and oxygen atoms in total. The third-order valence-electron chi connectivity index (χ3n) is 5.59. The molecule has 5 heteroatoms. The predicted octanol–water partition coefficient (Wildman–Crippen LogP) is 6.21. The van der Waals surface area contributed by atoms with Gasteiger partial charge in [0, 0.05) is 10.8 Å². The Labute approximate surface area is 166 Å². The van der Waals surface area contributed by atoms with Crippen molar-refractivity contribution in [1.82, 2.24) is 0 Å². The van der Waals surface area contributed by atoms with Crippen molar-refractivity contribution in [3.63, 3.8) is 0 Å². The fraction of sp³-hybridized carbons (Fsp3) is 0. The molecule has 140 valence electrons. The lowest BCUT2D eigenvalue weighted by Gasteiger charge is -2.23. The molecule has 29 heavy (non-hydrogen) atoms. The Morgan fingerprint density at radius 1 is 0.586 bits per heavy atom. The molecular weight excluding hydrogens is 384 g/mol. The van der Waals surface area contributed by atoms with Crippen LogP contribution in [0.2, 0.25) is 0 Å². The van der Waals surface area contributed by atoms with Crippen LogP contribution in [0.25, 0.3) is 43.1 Å². The number of benzene rings is 4. The summed E-state index contributed by atoms with van der Waals surface area (Å²) in [6, 6.07) is 24.4. The highest BCUT2D eigenvalue weighted by molar-refractivity contribution is 7.86. The lowest BCUT2D eigenvalue weighted by atomic mass is 9.83. The van der Waals surface area contributed by atoms with Crippen molar-refractivity contribution in [2.75, 3.05) is 0 Å². The van der Waals surface area contributed by atoms with Gasteiger partial charge in [-0.3, -0.25) is 4.55 Å². The van der Waals surface area contributed by atoms with E-state index in [2.05, 4.69) is 18.2 Å². The zero-order valence-electron chi connectivity index (χ0n) is 15.1. The summed E-state index contributed by atoms with van der Waals surface area (Å²) in [7, 11) is -4.40. The first kappa shape index (κ1) is 16.5. The van der Waals surface area contributed by atoms with Crippen LogP contribution in [-0.4, -0.2) is 13.0 Å². The fourth-order valence-electron chi connectivity index (χ4n) is 4.36. The normalized spacial score (nSPS) is 12.6. The van der Waals surface area contributed by atoms with Gasteiger partial charge in [-0.1, -0.05) is 60.7 Å². The van der Waals surface area contributed by atoms with Crippen molar-refractivity contribution >= 4 is 53.2 Å². The smallest absolute Gasteiger partial charge is 0.298 e. The van der Waals surface area contributed by atoms with E-state index in [0.717, 1.165) is 26.9 Å². The molecule has 0 aromatic heterocycles. The van der Waals surface area contributed by atoms with Gasteiger partial charge in [0.1, 0.15) is 16.4 Å². The molecule has 6 aromatic rings. The monoisotopic (exact) mass is 398 g/mol. The molecule has 0 fully saturated rings. The van der Waals surface area contributed by atoms with Crippen LogP contribution in [0.5, 0.6) is 11.5 Å². The van der Waals surface area contributed by atoms with E-state index >= 15 is 0 Å². The van der Waals surface area contributed by atoms with Gasteiger partial charge < -0.3 is 4.74 Å². The number of hydrogen-bond donors (Lipinski definition) is 1. The summed E-state index contributed by atoms with van der Waals surface area (Å²) in [5, 5.41) is 9.03. The first-order chi connectivity index (χ1) is 14.0. The third-order valence-corrected chi connectivity index (χ3v) is 6.48. The summed E-state index contributed by atoms with van der Waals surface area (Å²) in [6.45, 7) is 0.